The Morgan fingerprint density at radius 3 is 2.90 bits per heavy atom. The van der Waals surface area contributed by atoms with Gasteiger partial charge in [0.05, 0.1) is 17.2 Å². The molecule has 0 atom stereocenters. The van der Waals surface area contributed by atoms with Crippen molar-refractivity contribution >= 4 is 54.3 Å². The number of rotatable bonds is 2. The van der Waals surface area contributed by atoms with E-state index in [1.54, 1.807) is 6.20 Å². The molecule has 6 heteroatoms. The van der Waals surface area contributed by atoms with Crippen molar-refractivity contribution in [2.75, 3.05) is 5.32 Å². The molecule has 0 fully saturated rings. The number of H-pyrrole nitrogens is 1. The topological polar surface area (TPSA) is 66.5 Å². The molecule has 98 valence electrons. The van der Waals surface area contributed by atoms with E-state index in [-0.39, 0.29) is 0 Å². The lowest BCUT2D eigenvalue weighted by molar-refractivity contribution is 1.12. The maximum Gasteiger partial charge on any atom is 0.244 e. The van der Waals surface area contributed by atoms with Crippen molar-refractivity contribution in [2.24, 2.45) is 0 Å². The first-order valence-electron chi connectivity index (χ1n) is 6.52. The summed E-state index contributed by atoms with van der Waals surface area (Å²) in [7, 11) is 0. The van der Waals surface area contributed by atoms with E-state index in [9.17, 15) is 0 Å². The zero-order valence-electron chi connectivity index (χ0n) is 11.0. The number of hydrogen-bond acceptors (Lipinski definition) is 4. The Morgan fingerprint density at radius 1 is 1.05 bits per heavy atom. The summed E-state index contributed by atoms with van der Waals surface area (Å²) < 4.78 is 0.667. The predicted molar refractivity (Wildman–Crippen MR) is 84.3 cm³/mol. The highest BCUT2D eigenvalue weighted by Crippen LogP contribution is 2.24. The fourth-order valence-corrected chi connectivity index (χ4v) is 2.62. The number of aromatic amines is 1. The maximum atomic E-state index is 4.48. The van der Waals surface area contributed by atoms with Crippen molar-refractivity contribution in [3.8, 4) is 0 Å². The Hall–Kier alpha value is -2.42. The van der Waals surface area contributed by atoms with Crippen LogP contribution in [0.2, 0.25) is 0 Å². The van der Waals surface area contributed by atoms with E-state index in [2.05, 4.69) is 41.8 Å². The van der Waals surface area contributed by atoms with Gasteiger partial charge in [-0.05, 0) is 30.3 Å². The molecule has 2 aromatic carbocycles. The van der Waals surface area contributed by atoms with Gasteiger partial charge in [-0.25, -0.2) is 4.98 Å². The van der Waals surface area contributed by atoms with E-state index >= 15 is 0 Å². The average Bonchev–Trinajstić information content (AvgIpc) is 2.94. The fraction of sp³-hybridized carbons (Fsp3) is 0. The second-order valence-corrected chi connectivity index (χ2v) is 5.26. The molecule has 0 amide bonds. The molecule has 0 bridgehead atoms. The molecular formula is C15H10AlN5. The minimum absolute atomic E-state index is 0.667. The third kappa shape index (κ3) is 2.25. The van der Waals surface area contributed by atoms with E-state index in [1.165, 1.54) is 0 Å². The molecule has 2 N–H and O–H groups in total. The van der Waals surface area contributed by atoms with Crippen molar-refractivity contribution in [1.82, 2.24) is 20.2 Å². The highest BCUT2D eigenvalue weighted by atomic mass is 27.0. The summed E-state index contributed by atoms with van der Waals surface area (Å²) in [5.74, 6) is 0.799. The largest absolute Gasteiger partial charge is 0.340 e. The Morgan fingerprint density at radius 2 is 1.95 bits per heavy atom. The molecule has 4 rings (SSSR count). The number of anilines is 2. The third-order valence-corrected chi connectivity index (χ3v) is 3.58. The molecule has 2 aromatic heterocycles. The van der Waals surface area contributed by atoms with Crippen molar-refractivity contribution in [3.63, 3.8) is 0 Å². The average molecular weight is 287 g/mol. The molecule has 2 radical (unpaired) electrons. The number of nitrogens with zero attached hydrogens (tertiary/aromatic N) is 3. The van der Waals surface area contributed by atoms with Crippen LogP contribution in [0, 0.1) is 0 Å². The highest BCUT2D eigenvalue weighted by molar-refractivity contribution is 6.29. The van der Waals surface area contributed by atoms with Crippen LogP contribution in [0.4, 0.5) is 11.5 Å². The normalized spacial score (nSPS) is 11.0. The highest BCUT2D eigenvalue weighted by Gasteiger charge is 2.05. The second kappa shape index (κ2) is 4.85. The standard InChI is InChI=1S/C15H10N5.Al/c1-2-4-14-12(3-1)15(17-9-16-14)19-11-5-6-13-10(7-11)8-18-20-13;/h1-8H,(H,18,20)(H,16,17,19);. The Kier molecular flexibility index (Phi) is 2.85. The van der Waals surface area contributed by atoms with Gasteiger partial charge < -0.3 is 5.32 Å². The Labute approximate surface area is 128 Å². The zero-order valence-corrected chi connectivity index (χ0v) is 12.2. The summed E-state index contributed by atoms with van der Waals surface area (Å²) in [5, 5.41) is 12.4. The van der Waals surface area contributed by atoms with Gasteiger partial charge >= 0.3 is 0 Å². The number of nitrogens with one attached hydrogen (secondary N) is 2. The van der Waals surface area contributed by atoms with Crippen LogP contribution in [0.1, 0.15) is 0 Å². The van der Waals surface area contributed by atoms with E-state index in [0.717, 1.165) is 33.3 Å². The predicted octanol–water partition coefficient (Wildman–Crippen LogP) is 2.04. The van der Waals surface area contributed by atoms with Crippen LogP contribution < -0.4 is 10.0 Å². The zero-order chi connectivity index (χ0) is 14.2. The molecular weight excluding hydrogens is 277 g/mol. The van der Waals surface area contributed by atoms with E-state index in [1.807, 2.05) is 42.5 Å². The van der Waals surface area contributed by atoms with Gasteiger partial charge in [0.1, 0.15) is 5.82 Å². The summed E-state index contributed by atoms with van der Waals surface area (Å²) in [5.41, 5.74) is 2.90. The number of fused-ring (bicyclic) bond motifs is 2. The first-order valence-corrected chi connectivity index (χ1v) is 7.10. The first kappa shape index (κ1) is 12.3. The lowest BCUT2D eigenvalue weighted by atomic mass is 10.2. The van der Waals surface area contributed by atoms with Crippen LogP contribution in [0.5, 0.6) is 0 Å². The minimum atomic E-state index is 0.667. The molecule has 0 aliphatic carbocycles. The molecule has 0 aliphatic rings. The van der Waals surface area contributed by atoms with Crippen LogP contribution in [0.15, 0.2) is 48.7 Å². The third-order valence-electron chi connectivity index (χ3n) is 3.32. The first-order chi connectivity index (χ1) is 10.3. The molecule has 0 unspecified atom stereocenters. The molecule has 2 heterocycles. The van der Waals surface area contributed by atoms with Crippen LogP contribution in [-0.2, 0) is 0 Å². The minimum Gasteiger partial charge on any atom is -0.340 e. The molecule has 21 heavy (non-hydrogen) atoms. The van der Waals surface area contributed by atoms with Crippen molar-refractivity contribution in [2.45, 2.75) is 0 Å². The molecule has 4 aromatic rings. The monoisotopic (exact) mass is 287 g/mol. The number of aromatic nitrogens is 4. The smallest absolute Gasteiger partial charge is 0.244 e. The Bertz CT molecular complexity index is 947. The Balaban J connectivity index is 1.82. The van der Waals surface area contributed by atoms with Crippen LogP contribution in [0.25, 0.3) is 21.8 Å². The summed E-state index contributed by atoms with van der Waals surface area (Å²) in [6.07, 6.45) is 1.81. The molecule has 5 nitrogen and oxygen atoms in total. The summed E-state index contributed by atoms with van der Waals surface area (Å²) in [6.45, 7) is 0. The van der Waals surface area contributed by atoms with Crippen LogP contribution in [0.3, 0.4) is 0 Å². The lowest BCUT2D eigenvalue weighted by Gasteiger charge is -2.10. The fourth-order valence-electron chi connectivity index (χ4n) is 2.35. The summed E-state index contributed by atoms with van der Waals surface area (Å²) in [4.78, 5) is 8.90. The van der Waals surface area contributed by atoms with Gasteiger partial charge in [-0.15, -0.1) is 0 Å². The van der Waals surface area contributed by atoms with Gasteiger partial charge in [-0.1, -0.05) is 12.1 Å². The molecule has 0 spiro atoms. The number of para-hydroxylation sites is 1. The van der Waals surface area contributed by atoms with Gasteiger partial charge in [-0.3, -0.25) is 10.1 Å². The number of hydrogen-bond donors (Lipinski definition) is 2. The maximum absolute atomic E-state index is 4.48. The van der Waals surface area contributed by atoms with Gasteiger partial charge in [0.25, 0.3) is 0 Å². The van der Waals surface area contributed by atoms with Gasteiger partial charge in [-0.2, -0.15) is 5.10 Å². The summed E-state index contributed by atoms with van der Waals surface area (Å²) >= 11 is 2.55. The van der Waals surface area contributed by atoms with Crippen molar-refractivity contribution in [3.05, 3.63) is 48.7 Å². The van der Waals surface area contributed by atoms with E-state index in [4.69, 9.17) is 0 Å². The quantitative estimate of drug-likeness (QED) is 0.554. The van der Waals surface area contributed by atoms with Crippen molar-refractivity contribution in [1.29, 1.82) is 0 Å². The van der Waals surface area contributed by atoms with E-state index in [0.29, 0.717) is 4.69 Å². The lowest BCUT2D eigenvalue weighted by Crippen LogP contribution is -2.15. The number of benzene rings is 2. The van der Waals surface area contributed by atoms with Gasteiger partial charge in [0, 0.05) is 21.1 Å². The van der Waals surface area contributed by atoms with Crippen LogP contribution >= 0.6 is 0 Å². The molecule has 0 saturated heterocycles. The second-order valence-electron chi connectivity index (χ2n) is 4.74. The van der Waals surface area contributed by atoms with Crippen molar-refractivity contribution < 1.29 is 0 Å². The van der Waals surface area contributed by atoms with E-state index < -0.39 is 0 Å². The SMILES string of the molecule is [Al][c]1nc(Nc2ccc3[nH]ncc3c2)c2ccccc2n1. The molecule has 0 aliphatic heterocycles. The van der Waals surface area contributed by atoms with Gasteiger partial charge in [0.15, 0.2) is 0 Å². The molecule has 0 saturated carbocycles. The van der Waals surface area contributed by atoms with Gasteiger partial charge in [0.2, 0.25) is 16.3 Å². The van der Waals surface area contributed by atoms with Crippen LogP contribution in [-0.4, -0.2) is 36.5 Å². The summed E-state index contributed by atoms with van der Waals surface area (Å²) in [6, 6.07) is 14.0.